The van der Waals surface area contributed by atoms with Gasteiger partial charge in [-0.05, 0) is 18.2 Å². The highest BCUT2D eigenvalue weighted by Crippen LogP contribution is 2.34. The Morgan fingerprint density at radius 2 is 2.04 bits per heavy atom. The van der Waals surface area contributed by atoms with E-state index in [1.807, 2.05) is 12.1 Å². The molecule has 0 unspecified atom stereocenters. The van der Waals surface area contributed by atoms with Crippen molar-refractivity contribution in [3.05, 3.63) is 47.2 Å². The number of aromatic nitrogens is 2. The Balaban J connectivity index is 1.60. The average Bonchev–Trinajstić information content (AvgIpc) is 3.03. The van der Waals surface area contributed by atoms with Gasteiger partial charge < -0.3 is 19.9 Å². The lowest BCUT2D eigenvalue weighted by Gasteiger charge is -2.27. The standard InChI is InChI=1S/C17H15ClF2N4O/c18-16-11(19)7-12-15(17(16)20)13(9-21-12)23-10-1-2-14(22-8-10)24-3-5-25-6-4-24/h1-2,7-9,21,23H,3-6H2. The second-order valence-corrected chi connectivity index (χ2v) is 6.12. The number of nitrogens with zero attached hydrogens (tertiary/aromatic N) is 2. The van der Waals surface area contributed by atoms with Gasteiger partial charge in [0.2, 0.25) is 0 Å². The van der Waals surface area contributed by atoms with E-state index in [4.69, 9.17) is 16.3 Å². The maximum atomic E-state index is 14.3. The van der Waals surface area contributed by atoms with E-state index < -0.39 is 16.7 Å². The van der Waals surface area contributed by atoms with Gasteiger partial charge in [0.1, 0.15) is 16.7 Å². The minimum absolute atomic E-state index is 0.212. The SMILES string of the molecule is Fc1cc2[nH]cc(Nc3ccc(N4CCOCC4)nc3)c2c(F)c1Cl. The first-order valence-electron chi connectivity index (χ1n) is 7.84. The van der Waals surface area contributed by atoms with Crippen LogP contribution in [0.4, 0.5) is 26.0 Å². The summed E-state index contributed by atoms with van der Waals surface area (Å²) in [6, 6.07) is 4.93. The van der Waals surface area contributed by atoms with Crippen LogP contribution in [0, 0.1) is 11.6 Å². The monoisotopic (exact) mass is 364 g/mol. The van der Waals surface area contributed by atoms with Crippen molar-refractivity contribution in [2.24, 2.45) is 0 Å². The second kappa shape index (κ2) is 6.50. The lowest BCUT2D eigenvalue weighted by atomic mass is 10.2. The molecule has 130 valence electrons. The highest BCUT2D eigenvalue weighted by Gasteiger charge is 2.17. The maximum absolute atomic E-state index is 14.3. The number of morpholine rings is 1. The summed E-state index contributed by atoms with van der Waals surface area (Å²) in [5.74, 6) is -0.723. The molecular weight excluding hydrogens is 350 g/mol. The fourth-order valence-electron chi connectivity index (χ4n) is 2.89. The normalized spacial score (nSPS) is 14.9. The van der Waals surface area contributed by atoms with Crippen molar-refractivity contribution in [3.63, 3.8) is 0 Å². The molecule has 3 aromatic rings. The summed E-state index contributed by atoms with van der Waals surface area (Å²) in [6.07, 6.45) is 3.24. The van der Waals surface area contributed by atoms with Crippen LogP contribution >= 0.6 is 11.6 Å². The molecule has 1 saturated heterocycles. The Morgan fingerprint density at radius 3 is 2.76 bits per heavy atom. The van der Waals surface area contributed by atoms with Gasteiger partial charge in [-0.15, -0.1) is 0 Å². The van der Waals surface area contributed by atoms with Gasteiger partial charge in [-0.2, -0.15) is 0 Å². The van der Waals surface area contributed by atoms with Gasteiger partial charge in [-0.1, -0.05) is 11.6 Å². The number of hydrogen-bond donors (Lipinski definition) is 2. The number of halogens is 3. The van der Waals surface area contributed by atoms with Gasteiger partial charge in [-0.3, -0.25) is 0 Å². The zero-order chi connectivity index (χ0) is 17.4. The molecule has 0 spiro atoms. The van der Waals surface area contributed by atoms with E-state index >= 15 is 0 Å². The smallest absolute Gasteiger partial charge is 0.156 e. The van der Waals surface area contributed by atoms with Crippen LogP contribution < -0.4 is 10.2 Å². The van der Waals surface area contributed by atoms with Crippen molar-refractivity contribution >= 4 is 39.7 Å². The number of pyridine rings is 1. The minimum atomic E-state index is -0.795. The number of rotatable bonds is 3. The van der Waals surface area contributed by atoms with Crippen molar-refractivity contribution in [2.45, 2.75) is 0 Å². The van der Waals surface area contributed by atoms with Crippen LogP contribution in [-0.2, 0) is 4.74 Å². The summed E-state index contributed by atoms with van der Waals surface area (Å²) in [7, 11) is 0. The Hall–Kier alpha value is -2.38. The fraction of sp³-hybridized carbons (Fsp3) is 0.235. The van der Waals surface area contributed by atoms with Crippen LogP contribution in [0.15, 0.2) is 30.6 Å². The first-order chi connectivity index (χ1) is 12.1. The van der Waals surface area contributed by atoms with Crippen LogP contribution in [0.1, 0.15) is 0 Å². The molecule has 8 heteroatoms. The van der Waals surface area contributed by atoms with E-state index in [1.54, 1.807) is 12.4 Å². The Kier molecular flexibility index (Phi) is 4.19. The maximum Gasteiger partial charge on any atom is 0.156 e. The van der Waals surface area contributed by atoms with Crippen molar-refractivity contribution in [1.29, 1.82) is 0 Å². The summed E-state index contributed by atoms with van der Waals surface area (Å²) in [5, 5.41) is 2.78. The van der Waals surface area contributed by atoms with Crippen molar-refractivity contribution < 1.29 is 13.5 Å². The van der Waals surface area contributed by atoms with Gasteiger partial charge in [0.15, 0.2) is 5.82 Å². The molecule has 0 saturated carbocycles. The molecule has 1 aliphatic heterocycles. The summed E-state index contributed by atoms with van der Waals surface area (Å²) < 4.78 is 33.2. The molecule has 0 atom stereocenters. The van der Waals surface area contributed by atoms with Crippen LogP contribution in [0.3, 0.4) is 0 Å². The number of H-pyrrole nitrogens is 1. The summed E-state index contributed by atoms with van der Waals surface area (Å²) >= 11 is 5.68. The molecule has 5 nitrogen and oxygen atoms in total. The first-order valence-corrected chi connectivity index (χ1v) is 8.21. The van der Waals surface area contributed by atoms with Crippen LogP contribution in [0.25, 0.3) is 10.9 Å². The number of hydrogen-bond acceptors (Lipinski definition) is 4. The largest absolute Gasteiger partial charge is 0.378 e. The van der Waals surface area contributed by atoms with Crippen LogP contribution in [0.5, 0.6) is 0 Å². The fourth-order valence-corrected chi connectivity index (χ4v) is 3.04. The number of fused-ring (bicyclic) bond motifs is 1. The number of nitrogens with one attached hydrogen (secondary N) is 2. The quantitative estimate of drug-likeness (QED) is 0.688. The zero-order valence-corrected chi connectivity index (χ0v) is 13.9. The highest BCUT2D eigenvalue weighted by atomic mass is 35.5. The molecule has 2 N–H and O–H groups in total. The van der Waals surface area contributed by atoms with Crippen molar-refractivity contribution in [1.82, 2.24) is 9.97 Å². The highest BCUT2D eigenvalue weighted by molar-refractivity contribution is 6.31. The molecule has 1 aromatic carbocycles. The lowest BCUT2D eigenvalue weighted by molar-refractivity contribution is 0.122. The third-order valence-electron chi connectivity index (χ3n) is 4.17. The van der Waals surface area contributed by atoms with E-state index in [0.29, 0.717) is 30.1 Å². The molecular formula is C17H15ClF2N4O. The molecule has 4 rings (SSSR count). The molecule has 1 fully saturated rings. The second-order valence-electron chi connectivity index (χ2n) is 5.74. The van der Waals surface area contributed by atoms with Crippen LogP contribution in [-0.4, -0.2) is 36.3 Å². The Labute approximate surface area is 147 Å². The number of benzene rings is 1. The predicted octanol–water partition coefficient (Wildman–Crippen LogP) is 4.07. The summed E-state index contributed by atoms with van der Waals surface area (Å²) in [5.41, 5.74) is 1.49. The third kappa shape index (κ3) is 3.01. The molecule has 0 radical (unpaired) electrons. The molecule has 25 heavy (non-hydrogen) atoms. The van der Waals surface area contributed by atoms with Gasteiger partial charge in [0.25, 0.3) is 0 Å². The third-order valence-corrected chi connectivity index (χ3v) is 4.51. The molecule has 1 aliphatic rings. The first kappa shape index (κ1) is 16.1. The van der Waals surface area contributed by atoms with Gasteiger partial charge in [-0.25, -0.2) is 13.8 Å². The van der Waals surface area contributed by atoms with Gasteiger partial charge in [0.05, 0.1) is 41.7 Å². The van der Waals surface area contributed by atoms with Crippen molar-refractivity contribution in [3.8, 4) is 0 Å². The number of anilines is 3. The minimum Gasteiger partial charge on any atom is -0.378 e. The molecule has 0 aliphatic carbocycles. The van der Waals surface area contributed by atoms with Gasteiger partial charge in [0, 0.05) is 19.3 Å². The lowest BCUT2D eigenvalue weighted by Crippen LogP contribution is -2.36. The Morgan fingerprint density at radius 1 is 1.24 bits per heavy atom. The topological polar surface area (TPSA) is 53.2 Å². The number of ether oxygens (including phenoxy) is 1. The number of aromatic amines is 1. The van der Waals surface area contributed by atoms with Crippen molar-refractivity contribution in [2.75, 3.05) is 36.5 Å². The summed E-state index contributed by atoms with van der Waals surface area (Å²) in [4.78, 5) is 9.41. The van der Waals surface area contributed by atoms with Gasteiger partial charge >= 0.3 is 0 Å². The molecule has 2 aromatic heterocycles. The average molecular weight is 365 g/mol. The zero-order valence-electron chi connectivity index (χ0n) is 13.2. The Bertz CT molecular complexity index is 907. The van der Waals surface area contributed by atoms with Crippen LogP contribution in [0.2, 0.25) is 5.02 Å². The van der Waals surface area contributed by atoms with E-state index in [2.05, 4.69) is 20.2 Å². The molecule has 0 amide bonds. The van der Waals surface area contributed by atoms with E-state index in [1.165, 1.54) is 6.07 Å². The van der Waals surface area contributed by atoms with E-state index in [9.17, 15) is 8.78 Å². The molecule has 3 heterocycles. The summed E-state index contributed by atoms with van der Waals surface area (Å²) in [6.45, 7) is 2.98. The van der Waals surface area contributed by atoms with E-state index in [-0.39, 0.29) is 5.39 Å². The molecule has 0 bridgehead atoms. The van der Waals surface area contributed by atoms with E-state index in [0.717, 1.165) is 18.9 Å². The predicted molar refractivity (Wildman–Crippen MR) is 93.8 cm³/mol.